The maximum atomic E-state index is 12.2. The third kappa shape index (κ3) is 6.63. The number of ketones is 1. The summed E-state index contributed by atoms with van der Waals surface area (Å²) in [5.41, 5.74) is 0.470. The number of Topliss-reactive ketones (excluding diaryl/α,β-unsaturated/α-hetero) is 1. The molecule has 0 atom stereocenters. The zero-order chi connectivity index (χ0) is 17.0. The maximum absolute atomic E-state index is 12.2. The monoisotopic (exact) mass is 347 g/mol. The second-order valence-electron chi connectivity index (χ2n) is 6.43. The summed E-state index contributed by atoms with van der Waals surface area (Å²) >= 11 is 4.23. The van der Waals surface area contributed by atoms with Crippen LogP contribution in [0.25, 0.3) is 0 Å². The minimum atomic E-state index is -0.164. The van der Waals surface area contributed by atoms with E-state index in [4.69, 9.17) is 0 Å². The summed E-state index contributed by atoms with van der Waals surface area (Å²) < 4.78 is 1.80. The maximum Gasteiger partial charge on any atom is 0.195 e. The molecular formula is C19H29N3OS. The molecule has 0 aliphatic heterocycles. The Labute approximate surface area is 150 Å². The average Bonchev–Trinajstić information content (AvgIpc) is 3.28. The highest BCUT2D eigenvalue weighted by molar-refractivity contribution is 7.80. The van der Waals surface area contributed by atoms with Gasteiger partial charge in [0, 0.05) is 6.54 Å². The molecule has 0 radical (unpaired) electrons. The molecule has 0 fully saturated rings. The number of hydrogen-bond acceptors (Lipinski definition) is 4. The summed E-state index contributed by atoms with van der Waals surface area (Å²) in [6.07, 6.45) is 20.9. The number of aromatic nitrogens is 3. The van der Waals surface area contributed by atoms with E-state index in [1.165, 1.54) is 51.4 Å². The van der Waals surface area contributed by atoms with E-state index in [9.17, 15) is 4.79 Å². The Kier molecular flexibility index (Phi) is 8.88. The summed E-state index contributed by atoms with van der Waals surface area (Å²) in [6, 6.07) is 0. The van der Waals surface area contributed by atoms with E-state index in [1.54, 1.807) is 10.9 Å². The predicted octanol–water partition coefficient (Wildman–Crippen LogP) is 4.64. The third-order valence-electron chi connectivity index (χ3n) is 4.39. The van der Waals surface area contributed by atoms with Crippen LogP contribution >= 0.6 is 12.6 Å². The van der Waals surface area contributed by atoms with Crippen LogP contribution < -0.4 is 0 Å². The standard InChI is InChI=1S/C19H29N3OS/c23-19(17-12-8-9-13-17)18-16-22(21-20-18)14-10-6-4-2-1-3-5-7-11-15-24/h8-9,12-13,16-17,24H,1-7,10-11,14-15H2. The summed E-state index contributed by atoms with van der Waals surface area (Å²) in [7, 11) is 0. The molecule has 0 spiro atoms. The van der Waals surface area contributed by atoms with Crippen LogP contribution in [-0.2, 0) is 6.54 Å². The molecule has 0 saturated carbocycles. The highest BCUT2D eigenvalue weighted by Gasteiger charge is 2.19. The summed E-state index contributed by atoms with van der Waals surface area (Å²) in [5, 5.41) is 8.09. The van der Waals surface area contributed by atoms with E-state index >= 15 is 0 Å². The molecule has 1 aliphatic carbocycles. The number of carbonyl (C=O) groups excluding carboxylic acids is 1. The topological polar surface area (TPSA) is 47.8 Å². The lowest BCUT2D eigenvalue weighted by molar-refractivity contribution is 0.0961. The van der Waals surface area contributed by atoms with Crippen molar-refractivity contribution >= 4 is 18.4 Å². The van der Waals surface area contributed by atoms with Crippen LogP contribution in [0.5, 0.6) is 0 Å². The molecule has 4 nitrogen and oxygen atoms in total. The van der Waals surface area contributed by atoms with Gasteiger partial charge in [-0.15, -0.1) is 5.10 Å². The number of allylic oxidation sites excluding steroid dienone is 4. The molecule has 24 heavy (non-hydrogen) atoms. The van der Waals surface area contributed by atoms with Crippen molar-refractivity contribution in [3.63, 3.8) is 0 Å². The average molecular weight is 348 g/mol. The molecule has 0 aromatic carbocycles. The molecule has 5 heteroatoms. The smallest absolute Gasteiger partial charge is 0.195 e. The molecule has 1 aromatic heterocycles. The second-order valence-corrected chi connectivity index (χ2v) is 6.88. The SMILES string of the molecule is O=C(c1cn(CCCCCCCCCCCS)nn1)C1C=CC=C1. The minimum Gasteiger partial charge on any atom is -0.291 e. The van der Waals surface area contributed by atoms with Crippen molar-refractivity contribution < 1.29 is 4.79 Å². The van der Waals surface area contributed by atoms with Crippen molar-refractivity contribution in [2.45, 2.75) is 64.3 Å². The lowest BCUT2D eigenvalue weighted by Crippen LogP contribution is -2.09. The number of hydrogen-bond donors (Lipinski definition) is 1. The summed E-state index contributed by atoms with van der Waals surface area (Å²) in [5.74, 6) is 0.885. The number of thiol groups is 1. The number of carbonyl (C=O) groups is 1. The molecule has 0 N–H and O–H groups in total. The fourth-order valence-electron chi connectivity index (χ4n) is 2.92. The summed E-state index contributed by atoms with van der Waals surface area (Å²) in [6.45, 7) is 0.846. The van der Waals surface area contributed by atoms with Gasteiger partial charge in [-0.2, -0.15) is 12.6 Å². The zero-order valence-corrected chi connectivity index (χ0v) is 15.3. The van der Waals surface area contributed by atoms with Crippen molar-refractivity contribution in [3.05, 3.63) is 36.2 Å². The normalized spacial score (nSPS) is 13.9. The van der Waals surface area contributed by atoms with Crippen molar-refractivity contribution in [1.82, 2.24) is 15.0 Å². The fourth-order valence-corrected chi connectivity index (χ4v) is 3.14. The van der Waals surface area contributed by atoms with Gasteiger partial charge >= 0.3 is 0 Å². The van der Waals surface area contributed by atoms with Crippen LogP contribution in [0.15, 0.2) is 30.5 Å². The number of rotatable bonds is 13. The highest BCUT2D eigenvalue weighted by atomic mass is 32.1. The van der Waals surface area contributed by atoms with E-state index < -0.39 is 0 Å². The van der Waals surface area contributed by atoms with E-state index in [-0.39, 0.29) is 11.7 Å². The van der Waals surface area contributed by atoms with Crippen LogP contribution in [0.2, 0.25) is 0 Å². The van der Waals surface area contributed by atoms with Crippen molar-refractivity contribution in [2.75, 3.05) is 5.75 Å². The van der Waals surface area contributed by atoms with Gasteiger partial charge in [-0.1, -0.05) is 74.5 Å². The van der Waals surface area contributed by atoms with E-state index in [2.05, 4.69) is 22.9 Å². The first kappa shape index (κ1) is 19.0. The third-order valence-corrected chi connectivity index (χ3v) is 4.70. The first-order valence-corrected chi connectivity index (χ1v) is 9.84. The quantitative estimate of drug-likeness (QED) is 0.321. The largest absolute Gasteiger partial charge is 0.291 e. The van der Waals surface area contributed by atoms with E-state index in [0.29, 0.717) is 5.69 Å². The molecule has 1 heterocycles. The number of aryl methyl sites for hydroxylation is 1. The zero-order valence-electron chi connectivity index (χ0n) is 14.4. The van der Waals surface area contributed by atoms with Crippen molar-refractivity contribution in [2.24, 2.45) is 5.92 Å². The molecule has 1 aliphatic rings. The first-order chi connectivity index (χ1) is 11.8. The molecular weight excluding hydrogens is 318 g/mol. The molecule has 132 valence electrons. The van der Waals surface area contributed by atoms with Gasteiger partial charge in [-0.05, 0) is 18.6 Å². The Morgan fingerprint density at radius 1 is 0.958 bits per heavy atom. The Morgan fingerprint density at radius 2 is 1.54 bits per heavy atom. The van der Waals surface area contributed by atoms with Gasteiger partial charge in [0.15, 0.2) is 5.78 Å². The Hall–Kier alpha value is -1.36. The predicted molar refractivity (Wildman–Crippen MR) is 102 cm³/mol. The van der Waals surface area contributed by atoms with Crippen LogP contribution in [0, 0.1) is 5.92 Å². The van der Waals surface area contributed by atoms with Crippen LogP contribution in [-0.4, -0.2) is 26.5 Å². The van der Waals surface area contributed by atoms with Gasteiger partial charge < -0.3 is 0 Å². The van der Waals surface area contributed by atoms with E-state index in [0.717, 1.165) is 18.7 Å². The van der Waals surface area contributed by atoms with Crippen molar-refractivity contribution in [1.29, 1.82) is 0 Å². The van der Waals surface area contributed by atoms with Gasteiger partial charge in [0.1, 0.15) is 5.69 Å². The van der Waals surface area contributed by atoms with Gasteiger partial charge in [0.05, 0.1) is 12.1 Å². The Morgan fingerprint density at radius 3 is 2.17 bits per heavy atom. The minimum absolute atomic E-state index is 0.0316. The molecule has 1 aromatic rings. The Bertz CT molecular complexity index is 539. The van der Waals surface area contributed by atoms with Crippen LogP contribution in [0.3, 0.4) is 0 Å². The fraction of sp³-hybridized carbons (Fsp3) is 0.632. The van der Waals surface area contributed by atoms with Crippen LogP contribution in [0.4, 0.5) is 0 Å². The Balaban J connectivity index is 1.53. The number of nitrogens with zero attached hydrogens (tertiary/aromatic N) is 3. The number of unbranched alkanes of at least 4 members (excludes halogenated alkanes) is 8. The molecule has 0 bridgehead atoms. The second kappa shape index (κ2) is 11.2. The van der Waals surface area contributed by atoms with Gasteiger partial charge in [-0.3, -0.25) is 9.48 Å². The lowest BCUT2D eigenvalue weighted by Gasteiger charge is -2.02. The molecule has 2 rings (SSSR count). The van der Waals surface area contributed by atoms with Crippen molar-refractivity contribution in [3.8, 4) is 0 Å². The van der Waals surface area contributed by atoms with Crippen LogP contribution in [0.1, 0.15) is 68.3 Å². The molecule has 0 amide bonds. The molecule has 0 saturated heterocycles. The first-order valence-electron chi connectivity index (χ1n) is 9.21. The summed E-state index contributed by atoms with van der Waals surface area (Å²) in [4.78, 5) is 12.2. The van der Waals surface area contributed by atoms with Gasteiger partial charge in [0.2, 0.25) is 0 Å². The highest BCUT2D eigenvalue weighted by Crippen LogP contribution is 2.15. The molecule has 0 unspecified atom stereocenters. The van der Waals surface area contributed by atoms with E-state index in [1.807, 2.05) is 24.3 Å². The lowest BCUT2D eigenvalue weighted by atomic mass is 10.0. The van der Waals surface area contributed by atoms with Gasteiger partial charge in [0.25, 0.3) is 0 Å². The van der Waals surface area contributed by atoms with Gasteiger partial charge in [-0.25, -0.2) is 0 Å².